The zero-order valence-corrected chi connectivity index (χ0v) is 33.9. The number of cyclic esters (lactones) is 1. The molecule has 3 fully saturated rings. The third-order valence-corrected chi connectivity index (χ3v) is 12.0. The molecule has 14 nitrogen and oxygen atoms in total. The first-order chi connectivity index (χ1) is 25.7. The molecule has 3 heterocycles. The van der Waals surface area contributed by atoms with Crippen LogP contribution >= 0.6 is 0 Å². The van der Waals surface area contributed by atoms with E-state index in [2.05, 4.69) is 5.16 Å². The summed E-state index contributed by atoms with van der Waals surface area (Å²) in [5.41, 5.74) is 3.71. The number of esters is 2. The molecule has 3 N–H and O–H groups in total. The summed E-state index contributed by atoms with van der Waals surface area (Å²) in [7, 11) is 5.13. The molecule has 15 heteroatoms. The van der Waals surface area contributed by atoms with Gasteiger partial charge in [-0.2, -0.15) is 0 Å². The SMILES string of the molecule is CC[C@H]1OC(=O)[C@H](C)C(=O)[C@H](C)[C@@H](OC2OC(C)CC(N(C)C)C2O)[C@@](C)(OC)C[C@@H](C)C(=O)[C@H](C)C2C(/C(N)=N\OCc3ccccc3F)C(=O)O[C@@]21C. The lowest BCUT2D eigenvalue weighted by Gasteiger charge is -2.47. The Labute approximate surface area is 323 Å². The fourth-order valence-corrected chi connectivity index (χ4v) is 8.79. The molecule has 3 aliphatic heterocycles. The topological polar surface area (TPSA) is 186 Å². The highest BCUT2D eigenvalue weighted by Crippen LogP contribution is 2.48. The van der Waals surface area contributed by atoms with E-state index in [0.717, 1.165) is 0 Å². The summed E-state index contributed by atoms with van der Waals surface area (Å²) in [5.74, 6) is -9.60. The van der Waals surface area contributed by atoms with Crippen LogP contribution in [0.5, 0.6) is 0 Å². The van der Waals surface area contributed by atoms with Crippen molar-refractivity contribution < 1.29 is 57.2 Å². The number of ether oxygens (including phenoxy) is 5. The number of hydrogen-bond acceptors (Lipinski definition) is 13. The van der Waals surface area contributed by atoms with Crippen LogP contribution in [0.4, 0.5) is 4.39 Å². The number of aliphatic hydroxyl groups is 1. The highest BCUT2D eigenvalue weighted by Gasteiger charge is 2.62. The smallest absolute Gasteiger partial charge is 0.317 e. The molecule has 0 amide bonds. The van der Waals surface area contributed by atoms with Crippen molar-refractivity contribution in [3.8, 4) is 0 Å². The maximum atomic E-state index is 14.6. The van der Waals surface area contributed by atoms with E-state index < -0.39 is 94.9 Å². The van der Waals surface area contributed by atoms with Crippen molar-refractivity contribution in [1.29, 1.82) is 0 Å². The number of likely N-dealkylation sites (N-methyl/N-ethyl adjacent to an activating group) is 1. The van der Waals surface area contributed by atoms with Crippen molar-refractivity contribution >= 4 is 29.3 Å². The molecule has 0 bridgehead atoms. The summed E-state index contributed by atoms with van der Waals surface area (Å²) in [5, 5.41) is 15.4. The molecule has 0 radical (unpaired) electrons. The van der Waals surface area contributed by atoms with Crippen LogP contribution in [0.3, 0.4) is 0 Å². The van der Waals surface area contributed by atoms with Gasteiger partial charge >= 0.3 is 11.9 Å². The number of halogens is 1. The number of nitrogens with two attached hydrogens (primary N) is 1. The summed E-state index contributed by atoms with van der Waals surface area (Å²) in [4.78, 5) is 63.8. The van der Waals surface area contributed by atoms with Crippen LogP contribution in [0.15, 0.2) is 29.4 Å². The van der Waals surface area contributed by atoms with Gasteiger partial charge in [0.1, 0.15) is 42.3 Å². The Morgan fingerprint density at radius 3 is 2.29 bits per heavy atom. The lowest BCUT2D eigenvalue weighted by atomic mass is 9.67. The van der Waals surface area contributed by atoms with Gasteiger partial charge in [0.2, 0.25) is 0 Å². The third-order valence-electron chi connectivity index (χ3n) is 12.0. The molecule has 3 saturated heterocycles. The highest BCUT2D eigenvalue weighted by molar-refractivity contribution is 6.03. The number of amidine groups is 1. The second-order valence-corrected chi connectivity index (χ2v) is 16.2. The van der Waals surface area contributed by atoms with E-state index in [0.29, 0.717) is 6.42 Å². The van der Waals surface area contributed by atoms with Gasteiger partial charge in [-0.3, -0.25) is 19.2 Å². The third kappa shape index (κ3) is 9.06. The molecule has 308 valence electrons. The first kappa shape index (κ1) is 44.2. The fraction of sp³-hybridized carbons (Fsp3) is 0.725. The zero-order chi connectivity index (χ0) is 41.2. The Balaban J connectivity index is 1.77. The second kappa shape index (κ2) is 17.7. The minimum Gasteiger partial charge on any atom is -0.458 e. The van der Waals surface area contributed by atoms with Crippen molar-refractivity contribution in [2.24, 2.45) is 46.4 Å². The Hall–Kier alpha value is -3.50. The van der Waals surface area contributed by atoms with Gasteiger partial charge in [0, 0.05) is 42.4 Å². The Kier molecular flexibility index (Phi) is 14.3. The Bertz CT molecular complexity index is 1590. The molecular weight excluding hydrogens is 717 g/mol. The van der Waals surface area contributed by atoms with E-state index in [1.807, 2.05) is 25.9 Å². The Morgan fingerprint density at radius 2 is 1.69 bits per heavy atom. The van der Waals surface area contributed by atoms with E-state index in [1.54, 1.807) is 47.6 Å². The highest BCUT2D eigenvalue weighted by atomic mass is 19.1. The maximum absolute atomic E-state index is 14.6. The minimum absolute atomic E-state index is 0.0404. The summed E-state index contributed by atoms with van der Waals surface area (Å²) in [6, 6.07) is 5.64. The van der Waals surface area contributed by atoms with E-state index in [4.69, 9.17) is 34.3 Å². The van der Waals surface area contributed by atoms with Gasteiger partial charge in [0.15, 0.2) is 23.5 Å². The van der Waals surface area contributed by atoms with Gasteiger partial charge in [0.25, 0.3) is 0 Å². The number of methoxy groups -OCH3 is 1. The van der Waals surface area contributed by atoms with E-state index in [9.17, 15) is 28.7 Å². The molecule has 14 atom stereocenters. The molecule has 55 heavy (non-hydrogen) atoms. The number of ketones is 2. The predicted molar refractivity (Wildman–Crippen MR) is 198 cm³/mol. The van der Waals surface area contributed by atoms with Gasteiger partial charge in [-0.05, 0) is 67.1 Å². The number of Topliss-reactive ketones (excluding diaryl/α,β-unsaturated/α-hetero) is 2. The van der Waals surface area contributed by atoms with Crippen molar-refractivity contribution in [2.75, 3.05) is 21.2 Å². The molecule has 0 spiro atoms. The van der Waals surface area contributed by atoms with Crippen LogP contribution in [0.25, 0.3) is 0 Å². The van der Waals surface area contributed by atoms with E-state index in [-0.39, 0.29) is 48.8 Å². The van der Waals surface area contributed by atoms with Crippen LogP contribution < -0.4 is 5.73 Å². The summed E-state index contributed by atoms with van der Waals surface area (Å²) < 4.78 is 45.1. The number of benzene rings is 1. The second-order valence-electron chi connectivity index (χ2n) is 16.2. The van der Waals surface area contributed by atoms with Crippen molar-refractivity contribution in [3.63, 3.8) is 0 Å². The largest absolute Gasteiger partial charge is 0.458 e. The zero-order valence-electron chi connectivity index (χ0n) is 33.9. The fourth-order valence-electron chi connectivity index (χ4n) is 8.79. The molecule has 0 aliphatic carbocycles. The molecule has 6 unspecified atom stereocenters. The number of hydrogen-bond donors (Lipinski definition) is 2. The van der Waals surface area contributed by atoms with Gasteiger partial charge < -0.3 is 44.3 Å². The number of nitrogens with zero attached hydrogens (tertiary/aromatic N) is 2. The van der Waals surface area contributed by atoms with Crippen molar-refractivity contribution in [2.45, 2.75) is 129 Å². The van der Waals surface area contributed by atoms with Crippen LogP contribution in [-0.2, 0) is 54.3 Å². The number of rotatable bonds is 9. The number of aliphatic hydroxyl groups excluding tert-OH is 1. The summed E-state index contributed by atoms with van der Waals surface area (Å²) in [6.07, 6.45) is -4.01. The predicted octanol–water partition coefficient (Wildman–Crippen LogP) is 3.79. The maximum Gasteiger partial charge on any atom is 0.317 e. The molecule has 0 saturated carbocycles. The van der Waals surface area contributed by atoms with Gasteiger partial charge in [-0.25, -0.2) is 4.39 Å². The number of fused-ring (bicyclic) bond motifs is 1. The van der Waals surface area contributed by atoms with Crippen molar-refractivity contribution in [1.82, 2.24) is 4.90 Å². The molecule has 3 aliphatic rings. The average molecular weight is 778 g/mol. The molecule has 1 aromatic rings. The summed E-state index contributed by atoms with van der Waals surface area (Å²) in [6.45, 7) is 13.1. The molecule has 0 aromatic heterocycles. The van der Waals surface area contributed by atoms with Crippen LogP contribution in [0.1, 0.15) is 80.2 Å². The van der Waals surface area contributed by atoms with Crippen LogP contribution in [0, 0.1) is 41.3 Å². The first-order valence-electron chi connectivity index (χ1n) is 19.1. The van der Waals surface area contributed by atoms with Gasteiger partial charge in [-0.1, -0.05) is 51.0 Å². The number of carbonyl (C=O) groups excluding carboxylic acids is 4. The number of oxime groups is 1. The van der Waals surface area contributed by atoms with E-state index in [1.165, 1.54) is 32.2 Å². The van der Waals surface area contributed by atoms with E-state index >= 15 is 0 Å². The molecular formula is C40H60FN3O11. The average Bonchev–Trinajstić information content (AvgIpc) is 3.42. The van der Waals surface area contributed by atoms with Crippen molar-refractivity contribution in [3.05, 3.63) is 35.6 Å². The first-order valence-corrected chi connectivity index (χ1v) is 19.1. The normalized spacial score (nSPS) is 39.6. The summed E-state index contributed by atoms with van der Waals surface area (Å²) >= 11 is 0. The van der Waals surface area contributed by atoms with Gasteiger partial charge in [0.05, 0.1) is 17.8 Å². The van der Waals surface area contributed by atoms with Crippen LogP contribution in [-0.4, -0.2) is 109 Å². The lowest BCUT2D eigenvalue weighted by molar-refractivity contribution is -0.295. The van der Waals surface area contributed by atoms with Crippen LogP contribution in [0.2, 0.25) is 0 Å². The standard InChI is InChI=1S/C40H60FN3O11/c1-12-28-40(8)30(29(37(49)55-40)35(42)43-51-19-25-15-13-14-16-26(25)41)22(4)31(45)20(2)18-39(7,50-11)34(23(5)32(46)24(6)36(48)53-28)54-38-33(47)27(44(9)10)17-21(3)52-38/h13-16,20-24,27-30,33-34,38,47H,12,17-19H2,1-11H3,(H2,42,43)/t20-,21?,22-,23+,24-,27?,28-,29?,30?,33?,34-,38?,39+,40-/m1/s1. The number of carbonyl (C=O) groups is 4. The molecule has 1 aromatic carbocycles. The Morgan fingerprint density at radius 1 is 1.04 bits per heavy atom. The van der Waals surface area contributed by atoms with Gasteiger partial charge in [-0.15, -0.1) is 0 Å². The monoisotopic (exact) mass is 777 g/mol. The lowest BCUT2D eigenvalue weighted by Crippen LogP contribution is -2.59. The quantitative estimate of drug-likeness (QED) is 0.122. The minimum atomic E-state index is -1.59. The molecule has 4 rings (SSSR count).